The van der Waals surface area contributed by atoms with Gasteiger partial charge in [-0.15, -0.1) is 11.3 Å². The topological polar surface area (TPSA) is 70.4 Å². The van der Waals surface area contributed by atoms with Crippen LogP contribution in [0.4, 0.5) is 0 Å². The molecule has 4 nitrogen and oxygen atoms in total. The largest absolute Gasteiger partial charge is 0.476 e. The van der Waals surface area contributed by atoms with Gasteiger partial charge in [0.1, 0.15) is 0 Å². The van der Waals surface area contributed by atoms with E-state index in [0.717, 1.165) is 22.8 Å². The van der Waals surface area contributed by atoms with E-state index in [9.17, 15) is 4.79 Å². The molecule has 0 aromatic carbocycles. The maximum absolute atomic E-state index is 10.6. The van der Waals surface area contributed by atoms with Crippen LogP contribution in [0.2, 0.25) is 0 Å². The molecule has 84 valence electrons. The van der Waals surface area contributed by atoms with Gasteiger partial charge in [0.15, 0.2) is 0 Å². The predicted molar refractivity (Wildman–Crippen MR) is 61.5 cm³/mol. The molecule has 2 N–H and O–H groups in total. The van der Waals surface area contributed by atoms with Gasteiger partial charge >= 0.3 is 5.97 Å². The molecule has 0 radical (unpaired) electrons. The minimum Gasteiger partial charge on any atom is -0.476 e. The van der Waals surface area contributed by atoms with Crippen molar-refractivity contribution in [2.24, 2.45) is 5.92 Å². The molecule has 0 fully saturated rings. The molecule has 0 spiro atoms. The van der Waals surface area contributed by atoms with Crippen LogP contribution in [-0.2, 0) is 5.75 Å². The minimum atomic E-state index is -0.972. The van der Waals surface area contributed by atoms with Gasteiger partial charge in [-0.2, -0.15) is 11.8 Å². The maximum atomic E-state index is 10.6. The zero-order chi connectivity index (χ0) is 11.3. The zero-order valence-corrected chi connectivity index (χ0v) is 9.98. The number of aliphatic hydroxyl groups excluding tert-OH is 1. The molecule has 1 unspecified atom stereocenters. The molecule has 6 heteroatoms. The minimum absolute atomic E-state index is 0.140. The molecular formula is C9H13NO3S2. The predicted octanol–water partition coefficient (Wildman–Crippen LogP) is 1.70. The number of thiazole rings is 1. The Labute approximate surface area is 96.4 Å². The highest BCUT2D eigenvalue weighted by atomic mass is 32.2. The first-order chi connectivity index (χ1) is 7.13. The smallest absolute Gasteiger partial charge is 0.365 e. The van der Waals surface area contributed by atoms with Gasteiger partial charge < -0.3 is 10.2 Å². The van der Waals surface area contributed by atoms with Crippen LogP contribution in [0.1, 0.15) is 22.4 Å². The van der Waals surface area contributed by atoms with E-state index >= 15 is 0 Å². The molecule has 0 aliphatic carbocycles. The van der Waals surface area contributed by atoms with E-state index in [2.05, 4.69) is 4.98 Å². The van der Waals surface area contributed by atoms with Crippen molar-refractivity contribution in [3.8, 4) is 0 Å². The van der Waals surface area contributed by atoms with Crippen LogP contribution < -0.4 is 0 Å². The van der Waals surface area contributed by atoms with Crippen molar-refractivity contribution in [2.45, 2.75) is 12.7 Å². The van der Waals surface area contributed by atoms with Gasteiger partial charge in [-0.25, -0.2) is 9.78 Å². The molecule has 1 atom stereocenters. The molecule has 0 saturated heterocycles. The fraction of sp³-hybridized carbons (Fsp3) is 0.556. The molecule has 1 aromatic rings. The first-order valence-corrected chi connectivity index (χ1v) is 6.53. The first-order valence-electron chi connectivity index (χ1n) is 4.49. The lowest BCUT2D eigenvalue weighted by molar-refractivity contribution is 0.0696. The monoisotopic (exact) mass is 247 g/mol. The van der Waals surface area contributed by atoms with Gasteiger partial charge in [-0.1, -0.05) is 6.92 Å². The Morgan fingerprint density at radius 2 is 2.47 bits per heavy atom. The summed E-state index contributed by atoms with van der Waals surface area (Å²) >= 11 is 2.80. The molecule has 0 aliphatic heterocycles. The normalized spacial score (nSPS) is 12.7. The molecule has 15 heavy (non-hydrogen) atoms. The van der Waals surface area contributed by atoms with Crippen LogP contribution in [0.3, 0.4) is 0 Å². The molecule has 1 heterocycles. The fourth-order valence-corrected chi connectivity index (χ4v) is 2.63. The quantitative estimate of drug-likeness (QED) is 0.800. The SMILES string of the molecule is CC(CO)CSCc1csc(C(=O)O)n1. The Bertz CT molecular complexity index is 327. The second-order valence-electron chi connectivity index (χ2n) is 3.25. The van der Waals surface area contributed by atoms with Crippen molar-refractivity contribution in [3.63, 3.8) is 0 Å². The van der Waals surface area contributed by atoms with Crippen LogP contribution in [0, 0.1) is 5.92 Å². The summed E-state index contributed by atoms with van der Waals surface area (Å²) in [6.07, 6.45) is 0. The van der Waals surface area contributed by atoms with E-state index in [1.165, 1.54) is 0 Å². The van der Waals surface area contributed by atoms with E-state index in [4.69, 9.17) is 10.2 Å². The van der Waals surface area contributed by atoms with Gasteiger partial charge in [0.25, 0.3) is 0 Å². The lowest BCUT2D eigenvalue weighted by Crippen LogP contribution is -2.03. The van der Waals surface area contributed by atoms with Crippen LogP contribution in [0.5, 0.6) is 0 Å². The highest BCUT2D eigenvalue weighted by Gasteiger charge is 2.09. The molecule has 0 amide bonds. The van der Waals surface area contributed by atoms with E-state index < -0.39 is 5.97 Å². The number of thioether (sulfide) groups is 1. The number of hydrogen-bond donors (Lipinski definition) is 2. The summed E-state index contributed by atoms with van der Waals surface area (Å²) in [6, 6.07) is 0. The Kier molecular flexibility index (Phi) is 5.07. The van der Waals surface area contributed by atoms with Crippen molar-refractivity contribution < 1.29 is 15.0 Å². The number of aliphatic hydroxyl groups is 1. The Morgan fingerprint density at radius 1 is 1.73 bits per heavy atom. The highest BCUT2D eigenvalue weighted by Crippen LogP contribution is 2.17. The van der Waals surface area contributed by atoms with Crippen molar-refractivity contribution in [1.29, 1.82) is 0 Å². The average molecular weight is 247 g/mol. The number of rotatable bonds is 6. The molecule has 0 aliphatic rings. The molecule has 1 aromatic heterocycles. The third-order valence-electron chi connectivity index (χ3n) is 1.70. The average Bonchev–Trinajstić information content (AvgIpc) is 2.66. The van der Waals surface area contributed by atoms with Gasteiger partial charge in [-0.05, 0) is 11.7 Å². The van der Waals surface area contributed by atoms with Gasteiger partial charge in [0, 0.05) is 17.7 Å². The van der Waals surface area contributed by atoms with E-state index in [-0.39, 0.29) is 17.5 Å². The van der Waals surface area contributed by atoms with Gasteiger partial charge in [0.2, 0.25) is 5.01 Å². The maximum Gasteiger partial charge on any atom is 0.365 e. The summed E-state index contributed by atoms with van der Waals surface area (Å²) in [5.41, 5.74) is 0.799. The van der Waals surface area contributed by atoms with Crippen molar-refractivity contribution in [2.75, 3.05) is 12.4 Å². The summed E-state index contributed by atoms with van der Waals surface area (Å²) < 4.78 is 0. The summed E-state index contributed by atoms with van der Waals surface area (Å²) in [4.78, 5) is 14.5. The Hall–Kier alpha value is -0.590. The van der Waals surface area contributed by atoms with Crippen LogP contribution >= 0.6 is 23.1 Å². The zero-order valence-electron chi connectivity index (χ0n) is 8.34. The number of nitrogens with zero attached hydrogens (tertiary/aromatic N) is 1. The van der Waals surface area contributed by atoms with E-state index in [1.54, 1.807) is 17.1 Å². The summed E-state index contributed by atoms with van der Waals surface area (Å²) in [5, 5.41) is 19.4. The van der Waals surface area contributed by atoms with Crippen molar-refractivity contribution >= 4 is 29.1 Å². The number of carbonyl (C=O) groups is 1. The van der Waals surface area contributed by atoms with Crippen LogP contribution in [0.25, 0.3) is 0 Å². The third kappa shape index (κ3) is 4.19. The Morgan fingerprint density at radius 3 is 3.00 bits per heavy atom. The summed E-state index contributed by atoms with van der Waals surface area (Å²) in [5.74, 6) is 0.859. The van der Waals surface area contributed by atoms with Crippen molar-refractivity contribution in [3.05, 3.63) is 16.1 Å². The Balaban J connectivity index is 2.35. The number of aromatic carboxylic acids is 1. The number of carboxylic acid groups (broad SMARTS) is 1. The van der Waals surface area contributed by atoms with Gasteiger partial charge in [0.05, 0.1) is 5.69 Å². The number of hydrogen-bond acceptors (Lipinski definition) is 5. The van der Waals surface area contributed by atoms with E-state index in [1.807, 2.05) is 6.92 Å². The second-order valence-corrected chi connectivity index (χ2v) is 5.14. The number of carboxylic acids is 1. The number of aromatic nitrogens is 1. The standard InChI is InChI=1S/C9H13NO3S2/c1-6(2-11)3-14-4-7-5-15-8(10-7)9(12)13/h5-6,11H,2-4H2,1H3,(H,12,13). The first kappa shape index (κ1) is 12.5. The molecule has 0 bridgehead atoms. The molecular weight excluding hydrogens is 234 g/mol. The lowest BCUT2D eigenvalue weighted by atomic mass is 10.2. The van der Waals surface area contributed by atoms with Gasteiger partial charge in [-0.3, -0.25) is 0 Å². The third-order valence-corrected chi connectivity index (χ3v) is 3.88. The summed E-state index contributed by atoms with van der Waals surface area (Å²) in [7, 11) is 0. The molecule has 0 saturated carbocycles. The second kappa shape index (κ2) is 6.09. The van der Waals surface area contributed by atoms with Crippen LogP contribution in [0.15, 0.2) is 5.38 Å². The lowest BCUT2D eigenvalue weighted by Gasteiger charge is -2.05. The van der Waals surface area contributed by atoms with E-state index in [0.29, 0.717) is 5.75 Å². The fourth-order valence-electron chi connectivity index (χ4n) is 0.889. The van der Waals surface area contributed by atoms with Crippen LogP contribution in [-0.4, -0.2) is 33.5 Å². The summed E-state index contributed by atoms with van der Waals surface area (Å²) in [6.45, 7) is 2.15. The highest BCUT2D eigenvalue weighted by molar-refractivity contribution is 7.98. The van der Waals surface area contributed by atoms with Crippen molar-refractivity contribution in [1.82, 2.24) is 4.98 Å². The molecule has 1 rings (SSSR count).